The molecule has 0 spiro atoms. The van der Waals surface area contributed by atoms with E-state index in [2.05, 4.69) is 0 Å². The molecule has 2 aromatic rings. The van der Waals surface area contributed by atoms with Crippen molar-refractivity contribution in [3.05, 3.63) is 47.0 Å². The third-order valence-electron chi connectivity index (χ3n) is 3.82. The van der Waals surface area contributed by atoms with E-state index in [9.17, 15) is 0 Å². The fourth-order valence-corrected chi connectivity index (χ4v) is 2.89. The van der Waals surface area contributed by atoms with Crippen LogP contribution in [0.1, 0.15) is 12.5 Å². The maximum atomic E-state index is 6.33. The Morgan fingerprint density at radius 3 is 2.71 bits per heavy atom. The highest BCUT2D eigenvalue weighted by Gasteiger charge is 2.29. The van der Waals surface area contributed by atoms with Crippen LogP contribution in [0, 0.1) is 0 Å². The summed E-state index contributed by atoms with van der Waals surface area (Å²) < 4.78 is 11.5. The summed E-state index contributed by atoms with van der Waals surface area (Å²) in [5, 5.41) is 0.695. The molecule has 2 atom stereocenters. The highest BCUT2D eigenvalue weighted by molar-refractivity contribution is 6.33. The normalized spacial score (nSPS) is 18.0. The zero-order valence-corrected chi connectivity index (χ0v) is 12.9. The average molecular weight is 304 g/mol. The molecule has 3 nitrogen and oxygen atoms in total. The Kier molecular flexibility index (Phi) is 3.79. The molecule has 0 amide bonds. The van der Waals surface area contributed by atoms with Gasteiger partial charge in [-0.3, -0.25) is 0 Å². The summed E-state index contributed by atoms with van der Waals surface area (Å²) in [6.07, 6.45) is 0.787. The summed E-state index contributed by atoms with van der Waals surface area (Å²) in [7, 11) is 1.66. The van der Waals surface area contributed by atoms with Gasteiger partial charge >= 0.3 is 0 Å². The van der Waals surface area contributed by atoms with Gasteiger partial charge < -0.3 is 15.2 Å². The molecular formula is C17H18ClNO2. The fraction of sp³-hybridized carbons (Fsp3) is 0.294. The molecule has 2 unspecified atom stereocenters. The maximum absolute atomic E-state index is 6.33. The number of fused-ring (bicyclic) bond motifs is 1. The van der Waals surface area contributed by atoms with Crippen molar-refractivity contribution in [3.8, 4) is 22.6 Å². The first kappa shape index (κ1) is 14.2. The molecule has 2 N–H and O–H groups in total. The van der Waals surface area contributed by atoms with Crippen LogP contribution >= 0.6 is 11.6 Å². The van der Waals surface area contributed by atoms with Crippen LogP contribution in [-0.4, -0.2) is 19.3 Å². The molecule has 0 saturated heterocycles. The Bertz CT molecular complexity index is 670. The van der Waals surface area contributed by atoms with Gasteiger partial charge in [0, 0.05) is 34.2 Å². The monoisotopic (exact) mass is 303 g/mol. The van der Waals surface area contributed by atoms with Crippen molar-refractivity contribution >= 4 is 11.6 Å². The van der Waals surface area contributed by atoms with E-state index in [4.69, 9.17) is 26.8 Å². The molecule has 1 heterocycles. The van der Waals surface area contributed by atoms with Crippen molar-refractivity contribution in [3.63, 3.8) is 0 Å². The Morgan fingerprint density at radius 1 is 1.29 bits per heavy atom. The maximum Gasteiger partial charge on any atom is 0.131 e. The van der Waals surface area contributed by atoms with Gasteiger partial charge in [-0.1, -0.05) is 29.8 Å². The summed E-state index contributed by atoms with van der Waals surface area (Å²) in [5.41, 5.74) is 9.00. The molecule has 3 rings (SSSR count). The summed E-state index contributed by atoms with van der Waals surface area (Å²) in [6.45, 7) is 1.96. The summed E-state index contributed by atoms with van der Waals surface area (Å²) in [6, 6.07) is 11.7. The van der Waals surface area contributed by atoms with Crippen molar-refractivity contribution in [2.75, 3.05) is 7.11 Å². The number of benzene rings is 2. The van der Waals surface area contributed by atoms with Crippen LogP contribution in [0.2, 0.25) is 5.02 Å². The lowest BCUT2D eigenvalue weighted by molar-refractivity contribution is 0.207. The van der Waals surface area contributed by atoms with E-state index in [0.29, 0.717) is 5.02 Å². The predicted octanol–water partition coefficient (Wildman–Crippen LogP) is 3.67. The van der Waals surface area contributed by atoms with Gasteiger partial charge in [-0.15, -0.1) is 0 Å². The second kappa shape index (κ2) is 5.58. The van der Waals surface area contributed by atoms with Gasteiger partial charge in [0.2, 0.25) is 0 Å². The van der Waals surface area contributed by atoms with Crippen LogP contribution < -0.4 is 15.2 Å². The molecule has 0 bridgehead atoms. The number of halogens is 1. The van der Waals surface area contributed by atoms with E-state index < -0.39 is 0 Å². The predicted molar refractivity (Wildman–Crippen MR) is 85.2 cm³/mol. The number of hydrogen-bond donors (Lipinski definition) is 1. The van der Waals surface area contributed by atoms with Gasteiger partial charge in [0.15, 0.2) is 0 Å². The van der Waals surface area contributed by atoms with Gasteiger partial charge in [-0.25, -0.2) is 0 Å². The second-order valence-corrected chi connectivity index (χ2v) is 5.77. The van der Waals surface area contributed by atoms with Gasteiger partial charge in [0.05, 0.1) is 7.11 Å². The van der Waals surface area contributed by atoms with Crippen LogP contribution in [0.5, 0.6) is 11.5 Å². The van der Waals surface area contributed by atoms with E-state index in [-0.39, 0.29) is 12.1 Å². The lowest BCUT2D eigenvalue weighted by atomic mass is 9.99. The van der Waals surface area contributed by atoms with Crippen LogP contribution in [-0.2, 0) is 6.42 Å². The minimum Gasteiger partial charge on any atom is -0.497 e. The summed E-state index contributed by atoms with van der Waals surface area (Å²) in [5.74, 6) is 1.67. The van der Waals surface area contributed by atoms with E-state index >= 15 is 0 Å². The second-order valence-electron chi connectivity index (χ2n) is 5.36. The van der Waals surface area contributed by atoms with Gasteiger partial charge in [0.1, 0.15) is 17.6 Å². The Balaban J connectivity index is 2.14. The highest BCUT2D eigenvalue weighted by Crippen LogP contribution is 2.44. The summed E-state index contributed by atoms with van der Waals surface area (Å²) >= 11 is 6.33. The van der Waals surface area contributed by atoms with Crippen LogP contribution in [0.3, 0.4) is 0 Å². The van der Waals surface area contributed by atoms with Crippen LogP contribution in [0.15, 0.2) is 36.4 Å². The number of ether oxygens (including phenoxy) is 2. The van der Waals surface area contributed by atoms with Crippen molar-refractivity contribution in [2.24, 2.45) is 5.73 Å². The molecule has 1 aliphatic rings. The first-order valence-corrected chi connectivity index (χ1v) is 7.36. The molecule has 1 aliphatic heterocycles. The average Bonchev–Trinajstić information content (AvgIpc) is 2.91. The zero-order chi connectivity index (χ0) is 15.0. The van der Waals surface area contributed by atoms with Gasteiger partial charge in [-0.2, -0.15) is 0 Å². The third-order valence-corrected chi connectivity index (χ3v) is 4.15. The molecule has 110 valence electrons. The number of rotatable bonds is 3. The molecule has 4 heteroatoms. The topological polar surface area (TPSA) is 44.5 Å². The number of methoxy groups -OCH3 is 1. The largest absolute Gasteiger partial charge is 0.497 e. The van der Waals surface area contributed by atoms with Crippen molar-refractivity contribution < 1.29 is 9.47 Å². The van der Waals surface area contributed by atoms with Crippen molar-refractivity contribution in [1.29, 1.82) is 0 Å². The fourth-order valence-electron chi connectivity index (χ4n) is 2.65. The van der Waals surface area contributed by atoms with E-state index in [0.717, 1.165) is 34.6 Å². The first-order valence-electron chi connectivity index (χ1n) is 6.98. The van der Waals surface area contributed by atoms with Crippen molar-refractivity contribution in [1.82, 2.24) is 0 Å². The van der Waals surface area contributed by atoms with Crippen molar-refractivity contribution in [2.45, 2.75) is 25.5 Å². The van der Waals surface area contributed by atoms with E-state index in [1.165, 1.54) is 0 Å². The lowest BCUT2D eigenvalue weighted by Crippen LogP contribution is -2.34. The molecule has 2 aromatic carbocycles. The minimum absolute atomic E-state index is 0.00616. The zero-order valence-electron chi connectivity index (χ0n) is 12.1. The number of nitrogens with two attached hydrogens (primary N) is 1. The molecule has 0 aromatic heterocycles. The minimum atomic E-state index is -0.0255. The lowest BCUT2D eigenvalue weighted by Gasteiger charge is -2.16. The van der Waals surface area contributed by atoms with E-state index in [1.807, 2.05) is 43.3 Å². The molecule has 0 saturated carbocycles. The Labute approximate surface area is 129 Å². The number of hydrogen-bond acceptors (Lipinski definition) is 3. The SMILES string of the molecule is COc1cc2c(c(-c3ccccc3Cl)c1)OC(C(C)N)C2. The third kappa shape index (κ3) is 2.59. The molecular weight excluding hydrogens is 286 g/mol. The molecule has 0 fully saturated rings. The molecule has 0 aliphatic carbocycles. The summed E-state index contributed by atoms with van der Waals surface area (Å²) in [4.78, 5) is 0. The van der Waals surface area contributed by atoms with Crippen LogP contribution in [0.4, 0.5) is 0 Å². The van der Waals surface area contributed by atoms with E-state index in [1.54, 1.807) is 7.11 Å². The van der Waals surface area contributed by atoms with Crippen LogP contribution in [0.25, 0.3) is 11.1 Å². The Morgan fingerprint density at radius 2 is 2.05 bits per heavy atom. The smallest absolute Gasteiger partial charge is 0.131 e. The molecule has 21 heavy (non-hydrogen) atoms. The molecule has 0 radical (unpaired) electrons. The standard InChI is InChI=1S/C17H18ClNO2/c1-10(19)16-8-11-7-12(20-2)9-14(17(11)21-16)13-5-3-4-6-15(13)18/h3-7,9-10,16H,8,19H2,1-2H3. The van der Waals surface area contributed by atoms with Gasteiger partial charge in [0.25, 0.3) is 0 Å². The van der Waals surface area contributed by atoms with Gasteiger partial charge in [-0.05, 0) is 25.1 Å². The highest BCUT2D eigenvalue weighted by atomic mass is 35.5. The Hall–Kier alpha value is -1.71. The quantitative estimate of drug-likeness (QED) is 0.941. The first-order chi connectivity index (χ1) is 10.1.